The Kier molecular flexibility index (Phi) is 4.38. The Labute approximate surface area is 131 Å². The quantitative estimate of drug-likeness (QED) is 0.866. The van der Waals surface area contributed by atoms with Gasteiger partial charge in [0, 0.05) is 25.2 Å². The summed E-state index contributed by atoms with van der Waals surface area (Å²) in [5, 5.41) is 18.6. The molecule has 7 heteroatoms. The van der Waals surface area contributed by atoms with Gasteiger partial charge in [-0.1, -0.05) is 18.0 Å². The minimum atomic E-state index is -0.345. The molecule has 0 radical (unpaired) electrons. The van der Waals surface area contributed by atoms with Crippen LogP contribution < -0.4 is 4.90 Å². The lowest BCUT2D eigenvalue weighted by Gasteiger charge is -2.51. The van der Waals surface area contributed by atoms with Gasteiger partial charge in [-0.25, -0.2) is 0 Å². The summed E-state index contributed by atoms with van der Waals surface area (Å²) in [6.07, 6.45) is 5.77. The second-order valence-corrected chi connectivity index (χ2v) is 6.66. The molecule has 0 aromatic carbocycles. The lowest BCUT2D eigenvalue weighted by Crippen LogP contribution is -2.60. The monoisotopic (exact) mass is 308 g/mol. The number of anilines is 1. The van der Waals surface area contributed by atoms with Crippen LogP contribution in [0.4, 0.5) is 5.82 Å². The van der Waals surface area contributed by atoms with Crippen molar-refractivity contribution >= 4 is 24.5 Å². The molecule has 0 aliphatic carbocycles. The van der Waals surface area contributed by atoms with E-state index in [0.717, 1.165) is 18.7 Å². The van der Waals surface area contributed by atoms with Crippen molar-refractivity contribution in [2.75, 3.05) is 11.9 Å². The van der Waals surface area contributed by atoms with E-state index in [1.54, 1.807) is 6.07 Å². The molecule has 0 amide bonds. The van der Waals surface area contributed by atoms with E-state index in [4.69, 9.17) is 11.6 Å². The highest BCUT2D eigenvalue weighted by molar-refractivity contribution is 6.45. The molecular formula is C14H22BClN4O. The largest absolute Gasteiger partial charge is 0.437 e. The summed E-state index contributed by atoms with van der Waals surface area (Å²) < 4.78 is 0. The molecule has 0 spiro atoms. The normalized spacial score (nSPS) is 29.2. The van der Waals surface area contributed by atoms with E-state index in [9.17, 15) is 5.02 Å². The van der Waals surface area contributed by atoms with Crippen molar-refractivity contribution < 1.29 is 5.02 Å². The molecule has 2 aliphatic rings. The van der Waals surface area contributed by atoms with Crippen molar-refractivity contribution in [2.24, 2.45) is 0 Å². The molecule has 2 aliphatic heterocycles. The zero-order valence-electron chi connectivity index (χ0n) is 12.6. The Morgan fingerprint density at radius 2 is 1.95 bits per heavy atom. The first-order valence-corrected chi connectivity index (χ1v) is 8.11. The summed E-state index contributed by atoms with van der Waals surface area (Å²) >= 11 is 5.81. The first kappa shape index (κ1) is 15.1. The third kappa shape index (κ3) is 3.03. The van der Waals surface area contributed by atoms with Crippen molar-refractivity contribution in [2.45, 2.75) is 57.1 Å². The van der Waals surface area contributed by atoms with Gasteiger partial charge in [0.15, 0.2) is 11.0 Å². The van der Waals surface area contributed by atoms with Crippen LogP contribution in [0.2, 0.25) is 12.0 Å². The third-order valence-corrected chi connectivity index (χ3v) is 5.17. The van der Waals surface area contributed by atoms with Crippen LogP contribution in [-0.2, 0) is 0 Å². The minimum absolute atomic E-state index is 0.345. The number of halogens is 1. The van der Waals surface area contributed by atoms with Crippen molar-refractivity contribution in [1.82, 2.24) is 15.0 Å². The van der Waals surface area contributed by atoms with Gasteiger partial charge < -0.3 is 14.7 Å². The molecule has 2 fully saturated rings. The van der Waals surface area contributed by atoms with Crippen LogP contribution in [0.1, 0.15) is 32.1 Å². The number of hydrogen-bond donors (Lipinski definition) is 1. The van der Waals surface area contributed by atoms with E-state index in [1.165, 1.54) is 19.3 Å². The van der Waals surface area contributed by atoms with Crippen molar-refractivity contribution in [1.29, 1.82) is 0 Å². The van der Waals surface area contributed by atoms with E-state index >= 15 is 0 Å². The Balaban J connectivity index is 1.74. The lowest BCUT2D eigenvalue weighted by atomic mass is 9.71. The van der Waals surface area contributed by atoms with Crippen molar-refractivity contribution in [3.8, 4) is 0 Å². The molecule has 3 heterocycles. The van der Waals surface area contributed by atoms with E-state index in [0.29, 0.717) is 23.3 Å². The fourth-order valence-corrected chi connectivity index (χ4v) is 4.10. The number of hydrogen-bond acceptors (Lipinski definition) is 5. The molecule has 114 valence electrons. The second kappa shape index (κ2) is 6.11. The Hall–Kier alpha value is -0.845. The van der Waals surface area contributed by atoms with E-state index in [-0.39, 0.29) is 7.05 Å². The Morgan fingerprint density at radius 1 is 1.29 bits per heavy atom. The molecule has 0 saturated carbocycles. The molecule has 1 aromatic rings. The summed E-state index contributed by atoms with van der Waals surface area (Å²) in [6.45, 7) is 1.89. The van der Waals surface area contributed by atoms with Crippen LogP contribution in [0.3, 0.4) is 0 Å². The molecule has 2 unspecified atom stereocenters. The van der Waals surface area contributed by atoms with E-state index < -0.39 is 0 Å². The Morgan fingerprint density at radius 3 is 2.48 bits per heavy atom. The molecule has 2 bridgehead atoms. The highest BCUT2D eigenvalue weighted by Crippen LogP contribution is 2.36. The predicted molar refractivity (Wildman–Crippen MR) is 85.6 cm³/mol. The summed E-state index contributed by atoms with van der Waals surface area (Å²) in [7, 11) is 1.73. The van der Waals surface area contributed by atoms with Crippen molar-refractivity contribution in [3.05, 3.63) is 17.3 Å². The van der Waals surface area contributed by atoms with Crippen LogP contribution in [0.15, 0.2) is 12.1 Å². The average molecular weight is 309 g/mol. The predicted octanol–water partition coefficient (Wildman–Crippen LogP) is 2.06. The topological polar surface area (TPSA) is 52.5 Å². The summed E-state index contributed by atoms with van der Waals surface area (Å²) in [5.74, 6) is 0.868. The Bertz CT molecular complexity index is 472. The average Bonchev–Trinajstić information content (AvgIpc) is 2.45. The highest BCUT2D eigenvalue weighted by atomic mass is 35.5. The van der Waals surface area contributed by atoms with Crippen LogP contribution in [0, 0.1) is 0 Å². The van der Waals surface area contributed by atoms with Crippen LogP contribution in [0.25, 0.3) is 0 Å². The molecular weight excluding hydrogens is 286 g/mol. The summed E-state index contributed by atoms with van der Waals surface area (Å²) in [5.41, 5.74) is 0. The van der Waals surface area contributed by atoms with Gasteiger partial charge in [-0.05, 0) is 44.6 Å². The van der Waals surface area contributed by atoms with Gasteiger partial charge in [0.25, 0.3) is 0 Å². The maximum Gasteiger partial charge on any atom is 0.376 e. The molecule has 21 heavy (non-hydrogen) atoms. The zero-order valence-corrected chi connectivity index (χ0v) is 13.4. The molecule has 5 nitrogen and oxygen atoms in total. The SMILES string of the molecule is CB(O)N1C2CCC[C@H]1CC(N(C)c1ccc(Cl)nn1)C2. The van der Waals surface area contributed by atoms with Gasteiger partial charge in [0.05, 0.1) is 0 Å². The molecule has 3 rings (SSSR count). The lowest BCUT2D eigenvalue weighted by molar-refractivity contribution is 0.0907. The van der Waals surface area contributed by atoms with Gasteiger partial charge >= 0.3 is 7.05 Å². The maximum absolute atomic E-state index is 10.0. The van der Waals surface area contributed by atoms with Crippen LogP contribution >= 0.6 is 11.6 Å². The van der Waals surface area contributed by atoms with Gasteiger partial charge in [-0.2, -0.15) is 0 Å². The number of nitrogens with zero attached hydrogens (tertiary/aromatic N) is 4. The number of fused-ring (bicyclic) bond motifs is 2. The number of piperidine rings is 2. The molecule has 3 atom stereocenters. The summed E-state index contributed by atoms with van der Waals surface area (Å²) in [6, 6.07) is 5.11. The highest BCUT2D eigenvalue weighted by Gasteiger charge is 2.42. The maximum atomic E-state index is 10.0. The number of rotatable bonds is 3. The fraction of sp³-hybridized carbons (Fsp3) is 0.714. The summed E-state index contributed by atoms with van der Waals surface area (Å²) in [4.78, 5) is 4.52. The van der Waals surface area contributed by atoms with Crippen LogP contribution in [0.5, 0.6) is 0 Å². The number of aromatic nitrogens is 2. The van der Waals surface area contributed by atoms with Gasteiger partial charge in [0.1, 0.15) is 0 Å². The first-order chi connectivity index (χ1) is 10.1. The fourth-order valence-electron chi connectivity index (χ4n) is 4.00. The first-order valence-electron chi connectivity index (χ1n) is 7.74. The van der Waals surface area contributed by atoms with Gasteiger partial charge in [0.2, 0.25) is 0 Å². The zero-order chi connectivity index (χ0) is 15.0. The molecule has 1 N–H and O–H groups in total. The second-order valence-electron chi connectivity index (χ2n) is 6.27. The van der Waals surface area contributed by atoms with Crippen molar-refractivity contribution in [3.63, 3.8) is 0 Å². The van der Waals surface area contributed by atoms with Gasteiger partial charge in [-0.15, -0.1) is 10.2 Å². The van der Waals surface area contributed by atoms with E-state index in [1.807, 2.05) is 12.9 Å². The molecule has 2 saturated heterocycles. The minimum Gasteiger partial charge on any atom is -0.437 e. The van der Waals surface area contributed by atoms with Gasteiger partial charge in [-0.3, -0.25) is 0 Å². The molecule has 1 aromatic heterocycles. The smallest absolute Gasteiger partial charge is 0.376 e. The third-order valence-electron chi connectivity index (χ3n) is 4.96. The van der Waals surface area contributed by atoms with E-state index in [2.05, 4.69) is 27.0 Å². The standard InChI is InChI=1S/C14H22BClN4O/c1-15(21)20-10-4-3-5-11(20)9-12(8-10)19(2)14-7-6-13(16)17-18-14/h6-7,10-12,21H,3-5,8-9H2,1-2H3/t10-,11?,12?/m0/s1. The van der Waals surface area contributed by atoms with Crippen LogP contribution in [-0.4, -0.2) is 52.3 Å².